The third kappa shape index (κ3) is 7.98. The number of thiazole rings is 1. The van der Waals surface area contributed by atoms with Crippen LogP contribution in [0.25, 0.3) is 10.4 Å². The summed E-state index contributed by atoms with van der Waals surface area (Å²) in [6, 6.07) is 6.32. The molecule has 13 heteroatoms. The van der Waals surface area contributed by atoms with E-state index >= 15 is 0 Å². The van der Waals surface area contributed by atoms with Gasteiger partial charge in [0.1, 0.15) is 6.04 Å². The van der Waals surface area contributed by atoms with Crippen molar-refractivity contribution < 1.29 is 37.8 Å². The van der Waals surface area contributed by atoms with Gasteiger partial charge in [-0.3, -0.25) is 9.59 Å². The topological polar surface area (TPSA) is 146 Å². The van der Waals surface area contributed by atoms with Gasteiger partial charge in [0, 0.05) is 13.0 Å². The highest BCUT2D eigenvalue weighted by atomic mass is 32.1. The number of hydrogen-bond donors (Lipinski definition) is 4. The third-order valence-electron chi connectivity index (χ3n) is 6.08. The number of aliphatic carboxylic acids is 1. The van der Waals surface area contributed by atoms with Gasteiger partial charge < -0.3 is 26.2 Å². The monoisotopic (exact) mass is 558 g/mol. The van der Waals surface area contributed by atoms with Crippen LogP contribution in [0.4, 0.5) is 13.2 Å². The molecule has 3 rings (SSSR count). The molecule has 0 bridgehead atoms. The molecule has 0 saturated carbocycles. The van der Waals surface area contributed by atoms with E-state index < -0.39 is 35.7 Å². The molecule has 1 aliphatic heterocycles. The van der Waals surface area contributed by atoms with E-state index in [1.165, 1.54) is 4.90 Å². The van der Waals surface area contributed by atoms with Crippen molar-refractivity contribution in [3.05, 3.63) is 41.0 Å². The number of aliphatic hydroxyl groups excluding tert-OH is 1. The lowest BCUT2D eigenvalue weighted by Crippen LogP contribution is -2.55. The molecule has 4 atom stereocenters. The Bertz CT molecular complexity index is 1130. The van der Waals surface area contributed by atoms with E-state index in [2.05, 4.69) is 10.3 Å². The van der Waals surface area contributed by atoms with Gasteiger partial charge >= 0.3 is 12.1 Å². The van der Waals surface area contributed by atoms with Gasteiger partial charge in [0.2, 0.25) is 11.8 Å². The first-order valence-electron chi connectivity index (χ1n) is 11.8. The van der Waals surface area contributed by atoms with Gasteiger partial charge in [0.25, 0.3) is 0 Å². The van der Waals surface area contributed by atoms with Gasteiger partial charge in [-0.2, -0.15) is 13.2 Å². The molecule has 1 aromatic carbocycles. The number of β-amino-alcohol motifs (C(OH)–C–C–N with tert-alkyl or cyclic N) is 1. The second kappa shape index (κ2) is 12.2. The van der Waals surface area contributed by atoms with Crippen LogP contribution < -0.4 is 11.1 Å². The number of nitrogens with one attached hydrogen (secondary N) is 1. The number of carboxylic acid groups (broad SMARTS) is 1. The normalized spacial score (nSPS) is 19.3. The highest BCUT2D eigenvalue weighted by molar-refractivity contribution is 7.13. The number of carbonyl (C=O) groups excluding carboxylic acids is 2. The van der Waals surface area contributed by atoms with Crippen molar-refractivity contribution in [1.82, 2.24) is 15.2 Å². The Labute approximate surface area is 222 Å². The maximum Gasteiger partial charge on any atom is 0.490 e. The first-order chi connectivity index (χ1) is 17.4. The second-order valence-corrected chi connectivity index (χ2v) is 11.0. The minimum atomic E-state index is -5.08. The SMILES string of the molecule is Cc1ncsc1-c1ccc(C(C)NC(=O)[C@@H]2C[C@@H](O)CN2C(=O)C(N)C(C)(C)C)cc1.O=C(O)C(F)(F)F. The molecule has 0 spiro atoms. The third-order valence-corrected chi connectivity index (χ3v) is 7.06. The van der Waals surface area contributed by atoms with Crippen LogP contribution in [0.15, 0.2) is 29.8 Å². The zero-order valence-electron chi connectivity index (χ0n) is 21.7. The number of carboxylic acids is 1. The summed E-state index contributed by atoms with van der Waals surface area (Å²) >= 11 is 1.60. The molecule has 38 heavy (non-hydrogen) atoms. The molecule has 210 valence electrons. The number of halogens is 3. The minimum Gasteiger partial charge on any atom is -0.475 e. The van der Waals surface area contributed by atoms with Gasteiger partial charge in [0.05, 0.1) is 34.3 Å². The van der Waals surface area contributed by atoms with E-state index in [1.54, 1.807) is 11.3 Å². The number of nitrogens with two attached hydrogens (primary N) is 1. The average Bonchev–Trinajstić information content (AvgIpc) is 3.42. The number of amides is 2. The van der Waals surface area contributed by atoms with Gasteiger partial charge in [-0.1, -0.05) is 45.0 Å². The number of aromatic nitrogens is 1. The first kappa shape index (κ1) is 31.2. The summed E-state index contributed by atoms with van der Waals surface area (Å²) in [6.45, 7) is 9.67. The number of benzene rings is 1. The Morgan fingerprint density at radius 1 is 1.18 bits per heavy atom. The molecule has 1 aliphatic rings. The average molecular weight is 559 g/mol. The number of likely N-dealkylation sites (tertiary alicyclic amines) is 1. The fraction of sp³-hybridized carbons (Fsp3) is 0.520. The summed E-state index contributed by atoms with van der Waals surface area (Å²) in [4.78, 5) is 41.6. The van der Waals surface area contributed by atoms with Crippen molar-refractivity contribution in [2.45, 2.75) is 71.4 Å². The maximum absolute atomic E-state index is 13.0. The lowest BCUT2D eigenvalue weighted by atomic mass is 9.86. The zero-order valence-corrected chi connectivity index (χ0v) is 22.6. The van der Waals surface area contributed by atoms with Crippen LogP contribution in [0.3, 0.4) is 0 Å². The molecule has 1 saturated heterocycles. The highest BCUT2D eigenvalue weighted by Gasteiger charge is 2.43. The summed E-state index contributed by atoms with van der Waals surface area (Å²) in [6.07, 6.45) is -5.60. The molecule has 1 aromatic heterocycles. The predicted octanol–water partition coefficient (Wildman–Crippen LogP) is 3.26. The quantitative estimate of drug-likeness (QED) is 0.441. The molecule has 1 fully saturated rings. The summed E-state index contributed by atoms with van der Waals surface area (Å²) in [5.41, 5.74) is 10.6. The van der Waals surface area contributed by atoms with Crippen LogP contribution in [-0.2, 0) is 14.4 Å². The van der Waals surface area contributed by atoms with Gasteiger partial charge in [-0.05, 0) is 30.4 Å². The summed E-state index contributed by atoms with van der Waals surface area (Å²) in [5.74, 6) is -3.34. The highest BCUT2D eigenvalue weighted by Crippen LogP contribution is 2.29. The van der Waals surface area contributed by atoms with Crippen molar-refractivity contribution in [3.63, 3.8) is 0 Å². The Balaban J connectivity index is 0.000000638. The van der Waals surface area contributed by atoms with E-state index in [9.17, 15) is 27.9 Å². The van der Waals surface area contributed by atoms with Gasteiger partial charge in [-0.25, -0.2) is 9.78 Å². The number of aliphatic hydroxyl groups is 1. The lowest BCUT2D eigenvalue weighted by Gasteiger charge is -2.32. The largest absolute Gasteiger partial charge is 0.490 e. The van der Waals surface area contributed by atoms with E-state index in [0.717, 1.165) is 21.7 Å². The fourth-order valence-electron chi connectivity index (χ4n) is 3.75. The predicted molar refractivity (Wildman–Crippen MR) is 136 cm³/mol. The van der Waals surface area contributed by atoms with Crippen LogP contribution in [-0.4, -0.2) is 68.8 Å². The van der Waals surface area contributed by atoms with Gasteiger partial charge in [-0.15, -0.1) is 11.3 Å². The van der Waals surface area contributed by atoms with Crippen molar-refractivity contribution in [1.29, 1.82) is 0 Å². The number of aryl methyl sites for hydroxylation is 1. The zero-order chi connectivity index (χ0) is 29.0. The molecular formula is C25H33F3N4O5S. The standard InChI is InChI=1S/C23H32N4O3S.C2HF3O2/c1-13(15-6-8-16(9-7-15)19-14(2)25-12-31-19)26-21(29)18-10-17(28)11-27(18)22(30)20(24)23(3,4)5;3-2(4,5)1(6)7/h6-9,12-13,17-18,20,28H,10-11,24H2,1-5H3,(H,26,29);(H,6,7)/t13?,17-,18+,20?;/m1./s1. The van der Waals surface area contributed by atoms with E-state index in [0.29, 0.717) is 0 Å². The van der Waals surface area contributed by atoms with Crippen molar-refractivity contribution >= 4 is 29.1 Å². The smallest absolute Gasteiger partial charge is 0.475 e. The number of nitrogens with zero attached hydrogens (tertiary/aromatic N) is 2. The number of rotatable bonds is 5. The van der Waals surface area contributed by atoms with Crippen molar-refractivity contribution in [2.75, 3.05) is 6.54 Å². The van der Waals surface area contributed by atoms with Crippen LogP contribution in [0.2, 0.25) is 0 Å². The van der Waals surface area contributed by atoms with E-state index in [4.69, 9.17) is 15.6 Å². The summed E-state index contributed by atoms with van der Waals surface area (Å²) in [5, 5.41) is 20.2. The number of carbonyl (C=O) groups is 3. The van der Waals surface area contributed by atoms with Crippen LogP contribution in [0.5, 0.6) is 0 Å². The van der Waals surface area contributed by atoms with Gasteiger partial charge in [0.15, 0.2) is 0 Å². The Morgan fingerprint density at radius 3 is 2.18 bits per heavy atom. The van der Waals surface area contributed by atoms with Crippen LogP contribution in [0.1, 0.15) is 51.4 Å². The molecule has 2 heterocycles. The Morgan fingerprint density at radius 2 is 1.74 bits per heavy atom. The van der Waals surface area contributed by atoms with E-state index in [-0.39, 0.29) is 30.8 Å². The Hall–Kier alpha value is -3.03. The molecule has 2 unspecified atom stereocenters. The Kier molecular flexibility index (Phi) is 10.0. The molecule has 9 nitrogen and oxygen atoms in total. The first-order valence-corrected chi connectivity index (χ1v) is 12.7. The maximum atomic E-state index is 13.0. The molecule has 5 N–H and O–H groups in total. The second-order valence-electron chi connectivity index (χ2n) is 10.2. The molecular weight excluding hydrogens is 525 g/mol. The molecule has 2 aromatic rings. The molecule has 0 aliphatic carbocycles. The van der Waals surface area contributed by atoms with Crippen molar-refractivity contribution in [3.8, 4) is 10.4 Å². The number of hydrogen-bond acceptors (Lipinski definition) is 7. The van der Waals surface area contributed by atoms with Crippen molar-refractivity contribution in [2.24, 2.45) is 11.1 Å². The summed E-state index contributed by atoms with van der Waals surface area (Å²) < 4.78 is 31.7. The fourth-order valence-corrected chi connectivity index (χ4v) is 4.56. The number of alkyl halides is 3. The van der Waals surface area contributed by atoms with Crippen LogP contribution in [0, 0.1) is 12.3 Å². The molecule has 2 amide bonds. The van der Waals surface area contributed by atoms with Crippen LogP contribution >= 0.6 is 11.3 Å². The minimum absolute atomic E-state index is 0.123. The van der Waals surface area contributed by atoms with E-state index in [1.807, 2.05) is 64.4 Å². The summed E-state index contributed by atoms with van der Waals surface area (Å²) in [7, 11) is 0. The lowest BCUT2D eigenvalue weighted by molar-refractivity contribution is -0.192. The molecule has 0 radical (unpaired) electrons.